The van der Waals surface area contributed by atoms with Crippen LogP contribution in [0, 0.1) is 0 Å². The maximum atomic E-state index is 12.6. The lowest BCUT2D eigenvalue weighted by Gasteiger charge is -2.30. The van der Waals surface area contributed by atoms with Gasteiger partial charge < -0.3 is 4.90 Å². The Morgan fingerprint density at radius 2 is 1.80 bits per heavy atom. The van der Waals surface area contributed by atoms with Crippen molar-refractivity contribution in [1.82, 2.24) is 25.0 Å². The quantitative estimate of drug-likeness (QED) is 0.788. The molecule has 0 atom stereocenters. The number of imidazole rings is 1. The van der Waals surface area contributed by atoms with Gasteiger partial charge in [-0.2, -0.15) is 5.01 Å². The Balaban J connectivity index is 1.60. The monoisotopic (exact) mass is 356 g/mol. The SMILES string of the molecule is O=C(c1ncn2c1NNN(C(=O)c1ccccc1)C2=S)N1CCCC1. The number of anilines is 1. The first kappa shape index (κ1) is 15.7. The fourth-order valence-corrected chi connectivity index (χ4v) is 3.22. The summed E-state index contributed by atoms with van der Waals surface area (Å²) in [6, 6.07) is 8.81. The first-order valence-corrected chi connectivity index (χ1v) is 8.40. The average Bonchev–Trinajstić information content (AvgIpc) is 3.32. The highest BCUT2D eigenvalue weighted by Crippen LogP contribution is 2.22. The molecule has 8 nitrogen and oxygen atoms in total. The normalized spacial score (nSPS) is 16.6. The van der Waals surface area contributed by atoms with Gasteiger partial charge in [0.2, 0.25) is 5.11 Å². The molecule has 2 aliphatic rings. The van der Waals surface area contributed by atoms with Crippen molar-refractivity contribution in [2.75, 3.05) is 18.5 Å². The fraction of sp³-hybridized carbons (Fsp3) is 0.250. The van der Waals surface area contributed by atoms with Crippen LogP contribution in [0.3, 0.4) is 0 Å². The molecule has 0 unspecified atom stereocenters. The van der Waals surface area contributed by atoms with Gasteiger partial charge in [-0.15, -0.1) is 5.53 Å². The number of hydrogen-bond donors (Lipinski definition) is 2. The van der Waals surface area contributed by atoms with Gasteiger partial charge in [-0.3, -0.25) is 19.6 Å². The molecule has 9 heteroatoms. The summed E-state index contributed by atoms with van der Waals surface area (Å²) in [4.78, 5) is 31.2. The van der Waals surface area contributed by atoms with Crippen LogP contribution in [-0.4, -0.2) is 49.5 Å². The molecule has 2 aliphatic heterocycles. The molecular formula is C16H16N6O2S. The Bertz CT molecular complexity index is 844. The summed E-state index contributed by atoms with van der Waals surface area (Å²) in [6.45, 7) is 1.48. The third-order valence-corrected chi connectivity index (χ3v) is 4.65. The summed E-state index contributed by atoms with van der Waals surface area (Å²) in [5.41, 5.74) is 6.41. The van der Waals surface area contributed by atoms with Gasteiger partial charge in [0.15, 0.2) is 11.5 Å². The van der Waals surface area contributed by atoms with E-state index in [1.165, 1.54) is 15.9 Å². The van der Waals surface area contributed by atoms with Crippen LogP contribution in [0.25, 0.3) is 0 Å². The van der Waals surface area contributed by atoms with Gasteiger partial charge in [0.1, 0.15) is 6.33 Å². The van der Waals surface area contributed by atoms with Crippen LogP contribution < -0.4 is 11.0 Å². The second-order valence-corrected chi connectivity index (χ2v) is 6.20. The Hall–Kier alpha value is -2.78. The van der Waals surface area contributed by atoms with E-state index in [4.69, 9.17) is 12.2 Å². The number of likely N-dealkylation sites (tertiary alicyclic amines) is 1. The van der Waals surface area contributed by atoms with Crippen molar-refractivity contribution in [2.45, 2.75) is 12.8 Å². The van der Waals surface area contributed by atoms with Crippen LogP contribution in [-0.2, 0) is 0 Å². The summed E-state index contributed by atoms with van der Waals surface area (Å²) in [7, 11) is 0. The molecule has 0 radical (unpaired) electrons. The highest BCUT2D eigenvalue weighted by atomic mass is 32.1. The number of carbonyl (C=O) groups excluding carboxylic acids is 2. The molecule has 0 spiro atoms. The Morgan fingerprint density at radius 1 is 1.08 bits per heavy atom. The van der Waals surface area contributed by atoms with E-state index in [2.05, 4.69) is 15.9 Å². The molecule has 1 aromatic heterocycles. The standard InChI is InChI=1S/C16H16N6O2S/c23-14(11-6-2-1-3-7-11)22-16(25)21-10-17-12(13(21)18-19-22)15(24)20-8-4-5-9-20/h1-3,6-7,10,18-19H,4-5,8-9H2. The van der Waals surface area contributed by atoms with E-state index in [-0.39, 0.29) is 16.9 Å². The summed E-state index contributed by atoms with van der Waals surface area (Å²) in [6.07, 6.45) is 3.47. The number of hydrazine groups is 2. The van der Waals surface area contributed by atoms with Crippen LogP contribution in [0.4, 0.5) is 5.82 Å². The molecule has 0 saturated carbocycles. The van der Waals surface area contributed by atoms with Gasteiger partial charge in [-0.25, -0.2) is 4.98 Å². The van der Waals surface area contributed by atoms with Gasteiger partial charge in [0.05, 0.1) is 0 Å². The van der Waals surface area contributed by atoms with Gasteiger partial charge in [-0.1, -0.05) is 18.2 Å². The summed E-state index contributed by atoms with van der Waals surface area (Å²) in [5.74, 6) is 0.00932. The van der Waals surface area contributed by atoms with Crippen molar-refractivity contribution in [3.63, 3.8) is 0 Å². The lowest BCUT2D eigenvalue weighted by Crippen LogP contribution is -2.55. The molecule has 1 aromatic carbocycles. The minimum absolute atomic E-state index is 0.133. The third-order valence-electron chi connectivity index (χ3n) is 4.27. The number of hydrogen-bond acceptors (Lipinski definition) is 6. The molecule has 2 aromatic rings. The van der Waals surface area contributed by atoms with E-state index in [0.29, 0.717) is 17.1 Å². The first-order chi connectivity index (χ1) is 12.2. The topological polar surface area (TPSA) is 82.5 Å². The van der Waals surface area contributed by atoms with Crippen molar-refractivity contribution >= 4 is 35.0 Å². The highest BCUT2D eigenvalue weighted by molar-refractivity contribution is 7.80. The van der Waals surface area contributed by atoms with E-state index in [9.17, 15) is 9.59 Å². The molecule has 0 bridgehead atoms. The van der Waals surface area contributed by atoms with Crippen molar-refractivity contribution in [1.29, 1.82) is 0 Å². The molecular weight excluding hydrogens is 340 g/mol. The fourth-order valence-electron chi connectivity index (χ4n) is 2.95. The highest BCUT2D eigenvalue weighted by Gasteiger charge is 2.32. The Labute approximate surface area is 149 Å². The maximum Gasteiger partial charge on any atom is 0.276 e. The minimum atomic E-state index is -0.301. The number of benzene rings is 1. The van der Waals surface area contributed by atoms with E-state index >= 15 is 0 Å². The predicted octanol–water partition coefficient (Wildman–Crippen LogP) is 1.24. The van der Waals surface area contributed by atoms with Crippen LogP contribution in [0.2, 0.25) is 0 Å². The number of amides is 2. The van der Waals surface area contributed by atoms with Crippen LogP contribution in [0.15, 0.2) is 36.7 Å². The smallest absolute Gasteiger partial charge is 0.276 e. The molecule has 3 heterocycles. The van der Waals surface area contributed by atoms with Crippen LogP contribution in [0.5, 0.6) is 0 Å². The predicted molar refractivity (Wildman–Crippen MR) is 94.7 cm³/mol. The van der Waals surface area contributed by atoms with Crippen LogP contribution >= 0.6 is 12.2 Å². The lowest BCUT2D eigenvalue weighted by molar-refractivity contribution is 0.0788. The molecule has 1 saturated heterocycles. The maximum absolute atomic E-state index is 12.6. The Morgan fingerprint density at radius 3 is 2.52 bits per heavy atom. The van der Waals surface area contributed by atoms with E-state index in [1.807, 2.05) is 6.07 Å². The number of rotatable bonds is 2. The second kappa shape index (κ2) is 6.26. The van der Waals surface area contributed by atoms with Crippen molar-refractivity contribution in [3.8, 4) is 0 Å². The van der Waals surface area contributed by atoms with Gasteiger partial charge in [0.25, 0.3) is 11.8 Å². The zero-order valence-electron chi connectivity index (χ0n) is 13.3. The minimum Gasteiger partial charge on any atom is -0.337 e. The number of carbonyl (C=O) groups is 2. The molecule has 1 fully saturated rings. The molecule has 0 aliphatic carbocycles. The molecule has 2 N–H and O–H groups in total. The summed E-state index contributed by atoms with van der Waals surface area (Å²) < 4.78 is 1.52. The first-order valence-electron chi connectivity index (χ1n) is 7.99. The van der Waals surface area contributed by atoms with E-state index in [0.717, 1.165) is 25.9 Å². The number of nitrogens with zero attached hydrogens (tertiary/aromatic N) is 4. The van der Waals surface area contributed by atoms with Crippen molar-refractivity contribution in [3.05, 3.63) is 47.9 Å². The number of aromatic nitrogens is 2. The zero-order valence-corrected chi connectivity index (χ0v) is 14.1. The summed E-state index contributed by atoms with van der Waals surface area (Å²) in [5, 5.41) is 1.42. The largest absolute Gasteiger partial charge is 0.337 e. The van der Waals surface area contributed by atoms with E-state index < -0.39 is 0 Å². The van der Waals surface area contributed by atoms with E-state index in [1.54, 1.807) is 29.2 Å². The molecule has 2 amide bonds. The third kappa shape index (κ3) is 2.67. The number of nitrogens with one attached hydrogen (secondary N) is 2. The zero-order chi connectivity index (χ0) is 17.4. The van der Waals surface area contributed by atoms with Gasteiger partial charge >= 0.3 is 0 Å². The van der Waals surface area contributed by atoms with Gasteiger partial charge in [0, 0.05) is 18.7 Å². The molecule has 4 rings (SSSR count). The van der Waals surface area contributed by atoms with Crippen LogP contribution in [0.1, 0.15) is 33.7 Å². The average molecular weight is 356 g/mol. The lowest BCUT2D eigenvalue weighted by atomic mass is 10.2. The van der Waals surface area contributed by atoms with Gasteiger partial charge in [-0.05, 0) is 37.2 Å². The van der Waals surface area contributed by atoms with Crippen molar-refractivity contribution < 1.29 is 9.59 Å². The second-order valence-electron chi connectivity index (χ2n) is 5.84. The molecule has 25 heavy (non-hydrogen) atoms. The van der Waals surface area contributed by atoms with Crippen molar-refractivity contribution in [2.24, 2.45) is 0 Å². The number of thiocarbonyl (C=S) groups is 1. The summed E-state index contributed by atoms with van der Waals surface area (Å²) >= 11 is 5.39. The molecule has 128 valence electrons. The number of fused-ring (bicyclic) bond motifs is 1. The Kier molecular flexibility index (Phi) is 3.94.